The molecular formula is C20H21N5O2. The Morgan fingerprint density at radius 3 is 2.85 bits per heavy atom. The molecule has 27 heavy (non-hydrogen) atoms. The third-order valence-corrected chi connectivity index (χ3v) is 4.98. The number of nitrogens with one attached hydrogen (secondary N) is 1. The molecule has 1 fully saturated rings. The van der Waals surface area contributed by atoms with E-state index in [9.17, 15) is 4.79 Å². The van der Waals surface area contributed by atoms with Gasteiger partial charge in [-0.2, -0.15) is 0 Å². The van der Waals surface area contributed by atoms with Crippen molar-refractivity contribution < 1.29 is 9.90 Å². The molecule has 7 nitrogen and oxygen atoms in total. The van der Waals surface area contributed by atoms with Crippen LogP contribution in [0, 0.1) is 0 Å². The fraction of sp³-hybridized carbons (Fsp3) is 0.300. The number of aromatic amines is 1. The van der Waals surface area contributed by atoms with Crippen molar-refractivity contribution in [3.05, 3.63) is 65.9 Å². The summed E-state index contributed by atoms with van der Waals surface area (Å²) < 4.78 is 0. The number of piperidine rings is 1. The van der Waals surface area contributed by atoms with E-state index in [1.54, 1.807) is 36.8 Å². The Kier molecular flexibility index (Phi) is 4.93. The number of H-pyrrole nitrogens is 1. The summed E-state index contributed by atoms with van der Waals surface area (Å²) in [6, 6.07) is 7.17. The molecule has 0 unspecified atom stereocenters. The number of likely N-dealkylation sites (tertiary alicyclic amines) is 1. The van der Waals surface area contributed by atoms with Crippen LogP contribution in [-0.4, -0.2) is 49.0 Å². The van der Waals surface area contributed by atoms with E-state index in [0.717, 1.165) is 55.3 Å². The molecule has 1 aliphatic rings. The van der Waals surface area contributed by atoms with Gasteiger partial charge < -0.3 is 10.1 Å². The number of carboxylic acid groups (broad SMARTS) is 1. The van der Waals surface area contributed by atoms with Crippen LogP contribution in [0.15, 0.2) is 49.1 Å². The van der Waals surface area contributed by atoms with Crippen molar-refractivity contribution in [3.8, 4) is 11.5 Å². The lowest BCUT2D eigenvalue weighted by molar-refractivity contribution is 0.0696. The first-order chi connectivity index (χ1) is 13.2. The Bertz CT molecular complexity index is 918. The molecule has 0 spiro atoms. The Morgan fingerprint density at radius 1 is 1.26 bits per heavy atom. The molecule has 0 bridgehead atoms. The highest BCUT2D eigenvalue weighted by atomic mass is 16.4. The van der Waals surface area contributed by atoms with Crippen LogP contribution in [0.3, 0.4) is 0 Å². The van der Waals surface area contributed by atoms with Crippen molar-refractivity contribution in [3.63, 3.8) is 0 Å². The average molecular weight is 363 g/mol. The van der Waals surface area contributed by atoms with Crippen LogP contribution in [0.1, 0.15) is 40.4 Å². The molecule has 2 N–H and O–H groups in total. The van der Waals surface area contributed by atoms with Gasteiger partial charge in [0.05, 0.1) is 17.5 Å². The largest absolute Gasteiger partial charge is 0.478 e. The van der Waals surface area contributed by atoms with Gasteiger partial charge in [0, 0.05) is 31.1 Å². The lowest BCUT2D eigenvalue weighted by Crippen LogP contribution is -2.32. The maximum Gasteiger partial charge on any atom is 0.335 e. The first-order valence-electron chi connectivity index (χ1n) is 9.05. The number of hydrogen-bond acceptors (Lipinski definition) is 5. The minimum atomic E-state index is -0.884. The molecule has 3 aromatic rings. The van der Waals surface area contributed by atoms with Crippen molar-refractivity contribution in [2.45, 2.75) is 25.3 Å². The van der Waals surface area contributed by atoms with Gasteiger partial charge in [-0.25, -0.2) is 14.8 Å². The van der Waals surface area contributed by atoms with E-state index in [2.05, 4.69) is 19.9 Å². The highest BCUT2D eigenvalue weighted by Gasteiger charge is 2.22. The van der Waals surface area contributed by atoms with Crippen LogP contribution in [-0.2, 0) is 6.54 Å². The van der Waals surface area contributed by atoms with Crippen LogP contribution < -0.4 is 0 Å². The van der Waals surface area contributed by atoms with Crippen LogP contribution in [0.25, 0.3) is 11.5 Å². The quantitative estimate of drug-likeness (QED) is 0.724. The molecule has 1 aliphatic heterocycles. The lowest BCUT2D eigenvalue weighted by atomic mass is 9.93. The molecule has 0 atom stereocenters. The second-order valence-electron chi connectivity index (χ2n) is 6.82. The van der Waals surface area contributed by atoms with E-state index in [4.69, 9.17) is 10.1 Å². The molecule has 2 aromatic heterocycles. The van der Waals surface area contributed by atoms with Gasteiger partial charge in [0.2, 0.25) is 0 Å². The van der Waals surface area contributed by atoms with Gasteiger partial charge in [0.25, 0.3) is 0 Å². The number of aromatic nitrogens is 4. The SMILES string of the molecule is O=C(O)c1cccc(CN2CCC(c3cncc(-c4ncc[nH]4)n3)CC2)c1. The molecule has 7 heteroatoms. The summed E-state index contributed by atoms with van der Waals surface area (Å²) in [5.41, 5.74) is 3.15. The van der Waals surface area contributed by atoms with Crippen molar-refractivity contribution in [2.75, 3.05) is 13.1 Å². The van der Waals surface area contributed by atoms with Crippen LogP contribution in [0.5, 0.6) is 0 Å². The highest BCUT2D eigenvalue weighted by Crippen LogP contribution is 2.28. The maximum atomic E-state index is 11.1. The molecule has 0 radical (unpaired) electrons. The minimum absolute atomic E-state index is 0.340. The molecule has 0 amide bonds. The molecule has 0 saturated carbocycles. The molecule has 138 valence electrons. The van der Waals surface area contributed by atoms with Crippen LogP contribution in [0.2, 0.25) is 0 Å². The third-order valence-electron chi connectivity index (χ3n) is 4.98. The number of hydrogen-bond donors (Lipinski definition) is 2. The average Bonchev–Trinajstić information content (AvgIpc) is 3.24. The summed E-state index contributed by atoms with van der Waals surface area (Å²) >= 11 is 0. The first-order valence-corrected chi connectivity index (χ1v) is 9.05. The van der Waals surface area contributed by atoms with Gasteiger partial charge in [-0.1, -0.05) is 12.1 Å². The topological polar surface area (TPSA) is 95.0 Å². The number of carbonyl (C=O) groups is 1. The van der Waals surface area contributed by atoms with E-state index >= 15 is 0 Å². The summed E-state index contributed by atoms with van der Waals surface area (Å²) in [5.74, 6) is 0.236. The monoisotopic (exact) mass is 363 g/mol. The Labute approximate surface area is 157 Å². The van der Waals surface area contributed by atoms with E-state index < -0.39 is 5.97 Å². The highest BCUT2D eigenvalue weighted by molar-refractivity contribution is 5.87. The fourth-order valence-corrected chi connectivity index (χ4v) is 3.54. The van der Waals surface area contributed by atoms with Crippen molar-refractivity contribution in [1.29, 1.82) is 0 Å². The summed E-state index contributed by atoms with van der Waals surface area (Å²) in [7, 11) is 0. The van der Waals surface area contributed by atoms with E-state index in [1.165, 1.54) is 0 Å². The smallest absolute Gasteiger partial charge is 0.335 e. The number of aromatic carboxylic acids is 1. The molecule has 0 aliphatic carbocycles. The minimum Gasteiger partial charge on any atom is -0.478 e. The summed E-state index contributed by atoms with van der Waals surface area (Å²) in [5, 5.41) is 9.13. The van der Waals surface area contributed by atoms with E-state index in [1.807, 2.05) is 12.3 Å². The van der Waals surface area contributed by atoms with Crippen LogP contribution in [0.4, 0.5) is 0 Å². The number of rotatable bonds is 5. The molecule has 4 rings (SSSR count). The van der Waals surface area contributed by atoms with Gasteiger partial charge in [0.15, 0.2) is 5.82 Å². The van der Waals surface area contributed by atoms with E-state index in [-0.39, 0.29) is 0 Å². The summed E-state index contributed by atoms with van der Waals surface area (Å²) in [4.78, 5) is 29.9. The van der Waals surface area contributed by atoms with Gasteiger partial charge in [-0.3, -0.25) is 9.88 Å². The van der Waals surface area contributed by atoms with Crippen LogP contribution >= 0.6 is 0 Å². The standard InChI is InChI=1S/C20H21N5O2/c26-20(27)16-3-1-2-14(10-16)13-25-8-4-15(5-9-25)17-11-21-12-18(24-17)19-22-6-7-23-19/h1-3,6-7,10-12,15H,4-5,8-9,13H2,(H,22,23)(H,26,27). The second-order valence-corrected chi connectivity index (χ2v) is 6.82. The third kappa shape index (κ3) is 4.03. The van der Waals surface area contributed by atoms with Crippen molar-refractivity contribution in [2.24, 2.45) is 0 Å². The number of nitrogens with zero attached hydrogens (tertiary/aromatic N) is 4. The Balaban J connectivity index is 1.39. The zero-order valence-electron chi connectivity index (χ0n) is 14.9. The number of benzene rings is 1. The molecule has 1 saturated heterocycles. The fourth-order valence-electron chi connectivity index (χ4n) is 3.54. The van der Waals surface area contributed by atoms with Crippen molar-refractivity contribution in [1.82, 2.24) is 24.8 Å². The van der Waals surface area contributed by atoms with Gasteiger partial charge >= 0.3 is 5.97 Å². The number of imidazole rings is 1. The Hall–Kier alpha value is -3.06. The van der Waals surface area contributed by atoms with Gasteiger partial charge in [-0.15, -0.1) is 0 Å². The summed E-state index contributed by atoms with van der Waals surface area (Å²) in [6.07, 6.45) is 9.09. The first kappa shape index (κ1) is 17.4. The van der Waals surface area contributed by atoms with Gasteiger partial charge in [-0.05, 0) is 43.6 Å². The molecule has 3 heterocycles. The zero-order chi connectivity index (χ0) is 18.6. The predicted molar refractivity (Wildman–Crippen MR) is 100 cm³/mol. The van der Waals surface area contributed by atoms with Gasteiger partial charge in [0.1, 0.15) is 5.69 Å². The summed E-state index contributed by atoms with van der Waals surface area (Å²) in [6.45, 7) is 2.68. The van der Waals surface area contributed by atoms with Crippen molar-refractivity contribution >= 4 is 5.97 Å². The molecule has 1 aromatic carbocycles. The number of carboxylic acids is 1. The lowest BCUT2D eigenvalue weighted by Gasteiger charge is -2.31. The normalized spacial score (nSPS) is 15.7. The maximum absolute atomic E-state index is 11.1. The molecular weight excluding hydrogens is 342 g/mol. The van der Waals surface area contributed by atoms with E-state index in [0.29, 0.717) is 11.5 Å². The zero-order valence-corrected chi connectivity index (χ0v) is 14.9. The second kappa shape index (κ2) is 7.67. The Morgan fingerprint density at radius 2 is 2.11 bits per heavy atom. The predicted octanol–water partition coefficient (Wildman–Crippen LogP) is 2.94.